The van der Waals surface area contributed by atoms with E-state index < -0.39 is 0 Å². The summed E-state index contributed by atoms with van der Waals surface area (Å²) >= 11 is 0. The van der Waals surface area contributed by atoms with Crippen LogP contribution in [-0.4, -0.2) is 6.10 Å². The van der Waals surface area contributed by atoms with Gasteiger partial charge in [-0.1, -0.05) is 27.2 Å². The van der Waals surface area contributed by atoms with E-state index in [-0.39, 0.29) is 0 Å². The minimum absolute atomic E-state index is 0.377. The molecule has 0 amide bonds. The van der Waals surface area contributed by atoms with Crippen molar-refractivity contribution in [3.05, 3.63) is 24.4 Å². The number of aromatic nitrogens is 1. The van der Waals surface area contributed by atoms with Crippen LogP contribution < -0.4 is 9.30 Å². The zero-order chi connectivity index (χ0) is 13.1. The number of pyridine rings is 1. The van der Waals surface area contributed by atoms with Crippen LogP contribution in [0.3, 0.4) is 0 Å². The van der Waals surface area contributed by atoms with Crippen LogP contribution in [0.2, 0.25) is 0 Å². The maximum absolute atomic E-state index is 6.29. The van der Waals surface area contributed by atoms with E-state index in [1.165, 1.54) is 19.3 Å². The van der Waals surface area contributed by atoms with Crippen LogP contribution in [0.5, 0.6) is 5.88 Å². The molecule has 0 bridgehead atoms. The first-order valence-electron chi connectivity index (χ1n) is 7.19. The van der Waals surface area contributed by atoms with Crippen molar-refractivity contribution in [3.8, 4) is 5.88 Å². The summed E-state index contributed by atoms with van der Waals surface area (Å²) in [4.78, 5) is 0. The molecule has 0 spiro atoms. The van der Waals surface area contributed by atoms with Gasteiger partial charge in [-0.2, -0.15) is 4.57 Å². The fraction of sp³-hybridized carbons (Fsp3) is 0.688. The topological polar surface area (TPSA) is 13.1 Å². The van der Waals surface area contributed by atoms with E-state index in [0.717, 1.165) is 11.8 Å². The van der Waals surface area contributed by atoms with Gasteiger partial charge >= 0.3 is 5.88 Å². The Morgan fingerprint density at radius 2 is 2.06 bits per heavy atom. The lowest BCUT2D eigenvalue weighted by atomic mass is 9.75. The van der Waals surface area contributed by atoms with Crippen molar-refractivity contribution in [2.24, 2.45) is 24.8 Å². The highest BCUT2D eigenvalue weighted by Gasteiger charge is 2.33. The SMILES string of the molecule is CC(C)[C@@H]1CC[C@H](C)C[C@H]1Oc1cccc[n+]1C. The van der Waals surface area contributed by atoms with Gasteiger partial charge in [0.2, 0.25) is 0 Å². The van der Waals surface area contributed by atoms with E-state index in [0.29, 0.717) is 17.9 Å². The predicted octanol–water partition coefficient (Wildman–Crippen LogP) is 3.35. The number of nitrogens with zero attached hydrogens (tertiary/aromatic N) is 1. The summed E-state index contributed by atoms with van der Waals surface area (Å²) < 4.78 is 8.36. The lowest BCUT2D eigenvalue weighted by Gasteiger charge is -2.36. The molecule has 1 fully saturated rings. The zero-order valence-corrected chi connectivity index (χ0v) is 12.1. The van der Waals surface area contributed by atoms with Crippen molar-refractivity contribution < 1.29 is 9.30 Å². The van der Waals surface area contributed by atoms with Crippen molar-refractivity contribution in [2.75, 3.05) is 0 Å². The van der Waals surface area contributed by atoms with Gasteiger partial charge in [0.25, 0.3) is 0 Å². The molecule has 0 saturated heterocycles. The molecule has 1 aliphatic rings. The molecule has 2 nitrogen and oxygen atoms in total. The fourth-order valence-electron chi connectivity index (χ4n) is 3.04. The molecule has 2 rings (SSSR count). The normalized spacial score (nSPS) is 28.4. The minimum Gasteiger partial charge on any atom is -0.441 e. The van der Waals surface area contributed by atoms with Crippen LogP contribution in [0.4, 0.5) is 0 Å². The second-order valence-corrected chi connectivity index (χ2v) is 6.13. The van der Waals surface area contributed by atoms with Gasteiger partial charge in [-0.25, -0.2) is 0 Å². The highest BCUT2D eigenvalue weighted by atomic mass is 16.5. The first kappa shape index (κ1) is 13.4. The highest BCUT2D eigenvalue weighted by molar-refractivity contribution is 5.03. The maximum atomic E-state index is 6.29. The average Bonchev–Trinajstić information content (AvgIpc) is 2.32. The fourth-order valence-corrected chi connectivity index (χ4v) is 3.04. The summed E-state index contributed by atoms with van der Waals surface area (Å²) in [6.45, 7) is 6.99. The first-order chi connectivity index (χ1) is 8.58. The number of hydrogen-bond acceptors (Lipinski definition) is 1. The van der Waals surface area contributed by atoms with Crippen molar-refractivity contribution in [2.45, 2.75) is 46.1 Å². The molecule has 3 atom stereocenters. The van der Waals surface area contributed by atoms with E-state index >= 15 is 0 Å². The van der Waals surface area contributed by atoms with Crippen molar-refractivity contribution in [1.29, 1.82) is 0 Å². The van der Waals surface area contributed by atoms with E-state index in [1.807, 2.05) is 25.4 Å². The van der Waals surface area contributed by atoms with Gasteiger partial charge < -0.3 is 4.74 Å². The molecule has 1 heterocycles. The Morgan fingerprint density at radius 1 is 1.28 bits per heavy atom. The smallest absolute Gasteiger partial charge is 0.367 e. The molecular weight excluding hydrogens is 222 g/mol. The number of rotatable bonds is 3. The Balaban J connectivity index is 2.11. The zero-order valence-electron chi connectivity index (χ0n) is 12.1. The lowest BCUT2D eigenvalue weighted by Crippen LogP contribution is -2.40. The van der Waals surface area contributed by atoms with Gasteiger partial charge in [0, 0.05) is 6.07 Å². The first-order valence-corrected chi connectivity index (χ1v) is 7.19. The molecule has 1 aliphatic carbocycles. The maximum Gasteiger partial charge on any atom is 0.367 e. The van der Waals surface area contributed by atoms with E-state index in [1.54, 1.807) is 0 Å². The van der Waals surface area contributed by atoms with E-state index in [2.05, 4.69) is 31.4 Å². The van der Waals surface area contributed by atoms with Gasteiger partial charge in [0.1, 0.15) is 13.2 Å². The number of hydrogen-bond donors (Lipinski definition) is 0. The van der Waals surface area contributed by atoms with E-state index in [4.69, 9.17) is 4.74 Å². The predicted molar refractivity (Wildman–Crippen MR) is 73.4 cm³/mol. The van der Waals surface area contributed by atoms with Crippen LogP contribution in [0.15, 0.2) is 24.4 Å². The van der Waals surface area contributed by atoms with Crippen LogP contribution in [0, 0.1) is 17.8 Å². The standard InChI is InChI=1S/C16H26NO/c1-12(2)14-9-8-13(3)11-15(14)18-16-7-5-6-10-17(16)4/h5-7,10,12-15H,8-9,11H2,1-4H3/q+1/t13-,14-,15+/m0/s1. The van der Waals surface area contributed by atoms with Crippen LogP contribution >= 0.6 is 0 Å². The summed E-state index contributed by atoms with van der Waals surface area (Å²) in [5.74, 6) is 3.18. The molecule has 1 aromatic rings. The molecule has 1 aromatic heterocycles. The Bertz CT molecular complexity index is 388. The van der Waals surface area contributed by atoms with Crippen molar-refractivity contribution in [1.82, 2.24) is 0 Å². The summed E-state index contributed by atoms with van der Waals surface area (Å²) in [5, 5.41) is 0. The molecule has 2 heteroatoms. The van der Waals surface area contributed by atoms with Crippen LogP contribution in [-0.2, 0) is 7.05 Å². The molecule has 1 saturated carbocycles. The number of ether oxygens (including phenoxy) is 1. The van der Waals surface area contributed by atoms with Gasteiger partial charge in [0.05, 0.1) is 6.07 Å². The molecule has 0 aromatic carbocycles. The molecule has 0 radical (unpaired) electrons. The molecule has 0 aliphatic heterocycles. The summed E-state index contributed by atoms with van der Waals surface area (Å²) in [5.41, 5.74) is 0. The second-order valence-electron chi connectivity index (χ2n) is 6.13. The van der Waals surface area contributed by atoms with E-state index in [9.17, 15) is 0 Å². The molecule has 100 valence electrons. The summed E-state index contributed by atoms with van der Waals surface area (Å²) in [7, 11) is 2.05. The Morgan fingerprint density at radius 3 is 2.72 bits per heavy atom. The second kappa shape index (κ2) is 5.73. The summed E-state index contributed by atoms with van der Waals surface area (Å²) in [6.07, 6.45) is 6.27. The van der Waals surface area contributed by atoms with Crippen molar-refractivity contribution in [3.63, 3.8) is 0 Å². The number of aryl methyl sites for hydroxylation is 1. The molecule has 0 N–H and O–H groups in total. The highest BCUT2D eigenvalue weighted by Crippen LogP contribution is 2.35. The van der Waals surface area contributed by atoms with Crippen LogP contribution in [0.25, 0.3) is 0 Å². The Hall–Kier alpha value is -1.05. The Kier molecular flexibility index (Phi) is 4.26. The average molecular weight is 248 g/mol. The van der Waals surface area contributed by atoms with Gasteiger partial charge in [-0.15, -0.1) is 0 Å². The molecule has 18 heavy (non-hydrogen) atoms. The molecular formula is C16H26NO+. The van der Waals surface area contributed by atoms with Gasteiger partial charge in [-0.3, -0.25) is 0 Å². The third-order valence-electron chi connectivity index (χ3n) is 4.24. The quantitative estimate of drug-likeness (QED) is 0.748. The largest absolute Gasteiger partial charge is 0.441 e. The monoisotopic (exact) mass is 248 g/mol. The minimum atomic E-state index is 0.377. The van der Waals surface area contributed by atoms with Crippen LogP contribution in [0.1, 0.15) is 40.0 Å². The lowest BCUT2D eigenvalue weighted by molar-refractivity contribution is -0.678. The third kappa shape index (κ3) is 3.04. The van der Waals surface area contributed by atoms with Crippen molar-refractivity contribution >= 4 is 0 Å². The molecule has 0 unspecified atom stereocenters. The van der Waals surface area contributed by atoms with Gasteiger partial charge in [-0.05, 0) is 36.7 Å². The van der Waals surface area contributed by atoms with Gasteiger partial charge in [0.15, 0.2) is 6.20 Å². The third-order valence-corrected chi connectivity index (χ3v) is 4.24. The summed E-state index contributed by atoms with van der Waals surface area (Å²) in [6, 6.07) is 6.15. The Labute approximate surface area is 111 Å².